The smallest absolute Gasteiger partial charge is 0.212 e. The summed E-state index contributed by atoms with van der Waals surface area (Å²) in [6.07, 6.45) is 0.502. The van der Waals surface area contributed by atoms with Gasteiger partial charge in [-0.25, -0.2) is 4.98 Å². The number of hydrogen-bond acceptors (Lipinski definition) is 3. The first kappa shape index (κ1) is 9.09. The van der Waals surface area contributed by atoms with Gasteiger partial charge in [0.2, 0.25) is 5.95 Å². The highest BCUT2D eigenvalue weighted by Gasteiger charge is 2.12. The van der Waals surface area contributed by atoms with Crippen LogP contribution in [0.4, 0.5) is 4.39 Å². The minimum absolute atomic E-state index is 0.378. The molecule has 0 aliphatic carbocycles. The number of rotatable bonds is 2. The summed E-state index contributed by atoms with van der Waals surface area (Å²) in [5, 5.41) is 9.40. The summed E-state index contributed by atoms with van der Waals surface area (Å²) in [6.45, 7) is 1.67. The Hall–Kier alpha value is -1.00. The molecule has 0 amide bonds. The van der Waals surface area contributed by atoms with E-state index in [-0.39, 0.29) is 6.04 Å². The van der Waals surface area contributed by atoms with Gasteiger partial charge in [-0.1, -0.05) is 6.07 Å². The van der Waals surface area contributed by atoms with Gasteiger partial charge in [0.05, 0.1) is 6.10 Å². The second kappa shape index (κ2) is 3.60. The van der Waals surface area contributed by atoms with Crippen molar-refractivity contribution >= 4 is 0 Å². The van der Waals surface area contributed by atoms with Gasteiger partial charge < -0.3 is 10.8 Å². The maximum absolute atomic E-state index is 12.3. The highest BCUT2D eigenvalue weighted by molar-refractivity contribution is 5.13. The van der Waals surface area contributed by atoms with Crippen molar-refractivity contribution in [2.45, 2.75) is 19.1 Å². The van der Waals surface area contributed by atoms with Gasteiger partial charge in [0.25, 0.3) is 0 Å². The van der Waals surface area contributed by atoms with Crippen molar-refractivity contribution < 1.29 is 9.50 Å². The number of aliphatic hydroxyl groups is 1. The van der Waals surface area contributed by atoms with E-state index in [0.717, 1.165) is 0 Å². The molecule has 0 unspecified atom stereocenters. The topological polar surface area (TPSA) is 59.1 Å². The highest BCUT2D eigenvalue weighted by Crippen LogP contribution is 2.13. The molecule has 0 aliphatic rings. The standard InChI is InChI=1S/C8H11FN2O/c1-5(10)8(12)6-2-3-7(9)11-4-6/h2-5,8,12H,10H2,1H3/t5-,8-/m0/s1. The second-order valence-corrected chi connectivity index (χ2v) is 2.72. The predicted molar refractivity (Wildman–Crippen MR) is 42.8 cm³/mol. The lowest BCUT2D eigenvalue weighted by Crippen LogP contribution is -2.24. The lowest BCUT2D eigenvalue weighted by Gasteiger charge is -2.13. The third-order valence-electron chi connectivity index (χ3n) is 1.59. The van der Waals surface area contributed by atoms with Gasteiger partial charge in [0.1, 0.15) is 0 Å². The Balaban J connectivity index is 2.82. The van der Waals surface area contributed by atoms with Crippen LogP contribution < -0.4 is 5.73 Å². The van der Waals surface area contributed by atoms with E-state index >= 15 is 0 Å². The van der Waals surface area contributed by atoms with Crippen molar-refractivity contribution in [3.63, 3.8) is 0 Å². The molecule has 1 heterocycles. The van der Waals surface area contributed by atoms with E-state index in [4.69, 9.17) is 5.73 Å². The Bertz CT molecular complexity index is 248. The van der Waals surface area contributed by atoms with Crippen molar-refractivity contribution in [1.29, 1.82) is 0 Å². The van der Waals surface area contributed by atoms with Crippen molar-refractivity contribution in [2.75, 3.05) is 0 Å². The molecule has 0 radical (unpaired) electrons. The van der Waals surface area contributed by atoms with Gasteiger partial charge in [-0.3, -0.25) is 0 Å². The maximum Gasteiger partial charge on any atom is 0.212 e. The van der Waals surface area contributed by atoms with Crippen molar-refractivity contribution in [2.24, 2.45) is 5.73 Å². The Morgan fingerprint density at radius 3 is 2.67 bits per heavy atom. The van der Waals surface area contributed by atoms with Gasteiger partial charge in [-0.05, 0) is 13.0 Å². The molecule has 0 saturated heterocycles. The van der Waals surface area contributed by atoms with Crippen molar-refractivity contribution in [3.05, 3.63) is 29.8 Å². The van der Waals surface area contributed by atoms with Crippen LogP contribution in [0.1, 0.15) is 18.6 Å². The molecule has 0 spiro atoms. The van der Waals surface area contributed by atoms with Crippen LogP contribution in [0.25, 0.3) is 0 Å². The number of halogens is 1. The fourth-order valence-corrected chi connectivity index (χ4v) is 0.866. The van der Waals surface area contributed by atoms with Crippen LogP contribution in [0.3, 0.4) is 0 Å². The maximum atomic E-state index is 12.3. The Morgan fingerprint density at radius 1 is 1.58 bits per heavy atom. The van der Waals surface area contributed by atoms with E-state index in [2.05, 4.69) is 4.98 Å². The molecule has 0 bridgehead atoms. The monoisotopic (exact) mass is 170 g/mol. The Morgan fingerprint density at radius 2 is 2.25 bits per heavy atom. The summed E-state index contributed by atoms with van der Waals surface area (Å²) in [5.74, 6) is -0.560. The van der Waals surface area contributed by atoms with E-state index < -0.39 is 12.1 Å². The van der Waals surface area contributed by atoms with Crippen LogP contribution in [0.5, 0.6) is 0 Å². The number of hydrogen-bond donors (Lipinski definition) is 2. The van der Waals surface area contributed by atoms with E-state index in [9.17, 15) is 9.50 Å². The molecular weight excluding hydrogens is 159 g/mol. The van der Waals surface area contributed by atoms with Gasteiger partial charge in [0, 0.05) is 17.8 Å². The molecule has 4 heteroatoms. The number of nitrogens with zero attached hydrogens (tertiary/aromatic N) is 1. The van der Waals surface area contributed by atoms with E-state index in [1.165, 1.54) is 18.3 Å². The van der Waals surface area contributed by atoms with Crippen molar-refractivity contribution in [1.82, 2.24) is 4.98 Å². The third-order valence-corrected chi connectivity index (χ3v) is 1.59. The highest BCUT2D eigenvalue weighted by atomic mass is 19.1. The lowest BCUT2D eigenvalue weighted by molar-refractivity contribution is 0.153. The number of aromatic nitrogens is 1. The second-order valence-electron chi connectivity index (χ2n) is 2.72. The van der Waals surface area contributed by atoms with Gasteiger partial charge in [-0.15, -0.1) is 0 Å². The molecule has 1 rings (SSSR count). The number of aliphatic hydroxyl groups excluding tert-OH is 1. The Kier molecular flexibility index (Phi) is 2.73. The van der Waals surface area contributed by atoms with Crippen molar-refractivity contribution in [3.8, 4) is 0 Å². The third kappa shape index (κ3) is 1.99. The number of pyridine rings is 1. The van der Waals surface area contributed by atoms with Crippen LogP contribution in [0, 0.1) is 5.95 Å². The first-order valence-corrected chi connectivity index (χ1v) is 3.66. The zero-order valence-electron chi connectivity index (χ0n) is 6.74. The zero-order chi connectivity index (χ0) is 9.14. The average molecular weight is 170 g/mol. The Labute approximate surface area is 70.0 Å². The molecule has 1 aromatic rings. The molecule has 0 saturated carbocycles. The summed E-state index contributed by atoms with van der Waals surface area (Å²) in [5.41, 5.74) is 5.97. The summed E-state index contributed by atoms with van der Waals surface area (Å²) >= 11 is 0. The van der Waals surface area contributed by atoms with Gasteiger partial charge in [-0.2, -0.15) is 4.39 Å². The van der Waals surface area contributed by atoms with E-state index in [0.29, 0.717) is 5.56 Å². The minimum atomic E-state index is -0.780. The molecule has 0 aromatic carbocycles. The van der Waals surface area contributed by atoms with E-state index in [1.54, 1.807) is 6.92 Å². The SMILES string of the molecule is C[C@H](N)[C@H](O)c1ccc(F)nc1. The molecule has 1 aromatic heterocycles. The summed E-state index contributed by atoms with van der Waals surface area (Å²) < 4.78 is 12.3. The van der Waals surface area contributed by atoms with Gasteiger partial charge >= 0.3 is 0 Å². The molecule has 12 heavy (non-hydrogen) atoms. The van der Waals surface area contributed by atoms with Crippen LogP contribution in [-0.2, 0) is 0 Å². The quantitative estimate of drug-likeness (QED) is 0.639. The van der Waals surface area contributed by atoms with Crippen LogP contribution in [0.2, 0.25) is 0 Å². The molecular formula is C8H11FN2O. The molecule has 66 valence electrons. The first-order chi connectivity index (χ1) is 5.61. The fraction of sp³-hybridized carbons (Fsp3) is 0.375. The molecule has 0 fully saturated rings. The minimum Gasteiger partial charge on any atom is -0.387 e. The van der Waals surface area contributed by atoms with Gasteiger partial charge in [0.15, 0.2) is 0 Å². The molecule has 3 nitrogen and oxygen atoms in total. The summed E-state index contributed by atoms with van der Waals surface area (Å²) in [4.78, 5) is 3.40. The fourth-order valence-electron chi connectivity index (χ4n) is 0.866. The van der Waals surface area contributed by atoms with Crippen LogP contribution in [0.15, 0.2) is 18.3 Å². The lowest BCUT2D eigenvalue weighted by atomic mass is 10.1. The molecule has 0 aliphatic heterocycles. The van der Waals surface area contributed by atoms with Crippen LogP contribution in [-0.4, -0.2) is 16.1 Å². The number of nitrogens with two attached hydrogens (primary N) is 1. The van der Waals surface area contributed by atoms with E-state index in [1.807, 2.05) is 0 Å². The average Bonchev–Trinajstić information content (AvgIpc) is 2.04. The normalized spacial score (nSPS) is 15.7. The van der Waals surface area contributed by atoms with Crippen LogP contribution >= 0.6 is 0 Å². The summed E-state index contributed by atoms with van der Waals surface area (Å²) in [7, 11) is 0. The molecule has 2 atom stereocenters. The first-order valence-electron chi connectivity index (χ1n) is 3.66. The predicted octanol–water partition coefficient (Wildman–Crippen LogP) is 0.601. The molecule has 3 N–H and O–H groups in total. The largest absolute Gasteiger partial charge is 0.387 e. The zero-order valence-corrected chi connectivity index (χ0v) is 6.74. The summed E-state index contributed by atoms with van der Waals surface area (Å²) in [6, 6.07) is 2.29.